The number of para-hydroxylation sites is 1. The number of likely N-dealkylation sites (N-methyl/N-ethyl adjacent to an activating group) is 1. The van der Waals surface area contributed by atoms with Gasteiger partial charge in [-0.3, -0.25) is 19.4 Å². The highest BCUT2D eigenvalue weighted by Crippen LogP contribution is 2.34. The number of fused-ring (bicyclic) bond motifs is 1. The molecule has 252 valence electrons. The van der Waals surface area contributed by atoms with Crippen molar-refractivity contribution in [1.29, 1.82) is 0 Å². The fraction of sp³-hybridized carbons (Fsp3) is 0.150. The van der Waals surface area contributed by atoms with Crippen molar-refractivity contribution in [1.82, 2.24) is 9.88 Å². The molecule has 0 atom stereocenters. The zero-order valence-electron chi connectivity index (χ0n) is 27.9. The van der Waals surface area contributed by atoms with Crippen molar-refractivity contribution >= 4 is 34.2 Å². The molecule has 0 radical (unpaired) electrons. The highest BCUT2D eigenvalue weighted by molar-refractivity contribution is 6.12. The largest absolute Gasteiger partial charge is 0.493 e. The molecule has 6 rings (SSSR count). The second-order valence-corrected chi connectivity index (χ2v) is 11.7. The number of carbonyl (C=O) groups is 2. The van der Waals surface area contributed by atoms with Gasteiger partial charge in [0.25, 0.3) is 11.8 Å². The van der Waals surface area contributed by atoms with Crippen LogP contribution in [0.4, 0.5) is 11.4 Å². The van der Waals surface area contributed by atoms with Crippen molar-refractivity contribution in [3.05, 3.63) is 148 Å². The number of methoxy groups -OCH3 is 2. The lowest BCUT2D eigenvalue weighted by Crippen LogP contribution is -2.21. The lowest BCUT2D eigenvalue weighted by atomic mass is 10.0. The maximum atomic E-state index is 13.6. The summed E-state index contributed by atoms with van der Waals surface area (Å²) in [5, 5.41) is 5.96. The van der Waals surface area contributed by atoms with Crippen molar-refractivity contribution in [2.45, 2.75) is 13.0 Å². The Morgan fingerprint density at radius 1 is 0.760 bits per heavy atom. The van der Waals surface area contributed by atoms with E-state index in [2.05, 4.69) is 51.8 Å². The van der Waals surface area contributed by atoms with Crippen LogP contribution in [0.1, 0.15) is 32.0 Å². The smallest absolute Gasteiger partial charge is 0.291 e. The minimum Gasteiger partial charge on any atom is -0.493 e. The van der Waals surface area contributed by atoms with E-state index >= 15 is 0 Å². The minimum absolute atomic E-state index is 0.124. The Hall–Kier alpha value is -6.26. The predicted octanol–water partition coefficient (Wildman–Crippen LogP) is 7.05. The topological polar surface area (TPSA) is 123 Å². The fourth-order valence-electron chi connectivity index (χ4n) is 5.58. The van der Waals surface area contributed by atoms with Crippen LogP contribution in [0.5, 0.6) is 11.5 Å². The summed E-state index contributed by atoms with van der Waals surface area (Å²) in [5.41, 5.74) is 5.43. The number of anilines is 2. The Balaban J connectivity index is 1.10. The Morgan fingerprint density at radius 2 is 1.42 bits per heavy atom. The molecule has 0 aliphatic carbocycles. The van der Waals surface area contributed by atoms with E-state index in [1.807, 2.05) is 36.4 Å². The third-order valence-corrected chi connectivity index (χ3v) is 8.29. The molecule has 2 aromatic heterocycles. The van der Waals surface area contributed by atoms with Crippen LogP contribution in [0.3, 0.4) is 0 Å². The van der Waals surface area contributed by atoms with Crippen molar-refractivity contribution < 1.29 is 23.5 Å². The third-order valence-electron chi connectivity index (χ3n) is 8.29. The number of hydrogen-bond donors (Lipinski definition) is 2. The lowest BCUT2D eigenvalue weighted by Gasteiger charge is -2.17. The van der Waals surface area contributed by atoms with Gasteiger partial charge in [0, 0.05) is 43.3 Å². The van der Waals surface area contributed by atoms with Crippen LogP contribution in [-0.4, -0.2) is 49.5 Å². The SMILES string of the molecule is COc1cc(NC(=O)c2cc(=O)c3ccccc3o2)c(C(=O)Nc2ccc(CCN(C)Cc3ccc(-c4ccncc4)cc3)cc2)cc1OC. The molecule has 0 saturated heterocycles. The van der Waals surface area contributed by atoms with Crippen molar-refractivity contribution in [3.8, 4) is 22.6 Å². The Kier molecular flexibility index (Phi) is 10.3. The molecule has 2 amide bonds. The summed E-state index contributed by atoms with van der Waals surface area (Å²) in [6, 6.07) is 31.0. The first-order valence-corrected chi connectivity index (χ1v) is 16.0. The molecule has 10 heteroatoms. The number of ether oxygens (including phenoxy) is 2. The monoisotopic (exact) mass is 668 g/mol. The van der Waals surface area contributed by atoms with Crippen LogP contribution in [0.2, 0.25) is 0 Å². The second-order valence-electron chi connectivity index (χ2n) is 11.7. The van der Waals surface area contributed by atoms with E-state index in [0.717, 1.165) is 42.3 Å². The van der Waals surface area contributed by atoms with Crippen LogP contribution < -0.4 is 25.5 Å². The molecule has 10 nitrogen and oxygen atoms in total. The number of rotatable bonds is 12. The van der Waals surface area contributed by atoms with Gasteiger partial charge in [0.05, 0.1) is 30.9 Å². The van der Waals surface area contributed by atoms with E-state index in [1.54, 1.807) is 36.7 Å². The van der Waals surface area contributed by atoms with Crippen LogP contribution >= 0.6 is 0 Å². The number of aromatic nitrogens is 1. The summed E-state index contributed by atoms with van der Waals surface area (Å²) in [6.45, 7) is 1.67. The van der Waals surface area contributed by atoms with Gasteiger partial charge in [0.1, 0.15) is 5.58 Å². The molecule has 0 spiro atoms. The van der Waals surface area contributed by atoms with E-state index in [-0.39, 0.29) is 28.0 Å². The Morgan fingerprint density at radius 3 is 2.14 bits per heavy atom. The van der Waals surface area contributed by atoms with Gasteiger partial charge >= 0.3 is 0 Å². The second kappa shape index (κ2) is 15.3. The molecule has 50 heavy (non-hydrogen) atoms. The van der Waals surface area contributed by atoms with E-state index in [4.69, 9.17) is 13.9 Å². The maximum absolute atomic E-state index is 13.6. The highest BCUT2D eigenvalue weighted by atomic mass is 16.5. The van der Waals surface area contributed by atoms with Gasteiger partial charge in [-0.15, -0.1) is 0 Å². The van der Waals surface area contributed by atoms with Crippen LogP contribution in [0, 0.1) is 0 Å². The molecule has 4 aromatic carbocycles. The molecule has 0 bridgehead atoms. The standard InChI is InChI=1S/C40H36N4O6/c1-44(25-27-8-12-28(13-9-27)29-16-19-41-20-17-29)21-18-26-10-14-30(15-11-26)42-39(46)32-22-36(48-2)37(49-3)23-33(32)43-40(47)38-24-34(45)31-6-4-5-7-35(31)50-38/h4-17,19-20,22-24H,18,21,25H2,1-3H3,(H,42,46)(H,43,47). The number of hydrogen-bond acceptors (Lipinski definition) is 8. The third kappa shape index (κ3) is 7.88. The first-order chi connectivity index (χ1) is 24.3. The molecule has 0 aliphatic rings. The predicted molar refractivity (Wildman–Crippen MR) is 194 cm³/mol. The molecular formula is C40H36N4O6. The van der Waals surface area contributed by atoms with Crippen LogP contribution in [0.15, 0.2) is 125 Å². The van der Waals surface area contributed by atoms with Crippen molar-refractivity contribution in [2.75, 3.05) is 38.4 Å². The molecule has 0 unspecified atom stereocenters. The van der Waals surface area contributed by atoms with E-state index in [0.29, 0.717) is 22.6 Å². The molecule has 0 fully saturated rings. The van der Waals surface area contributed by atoms with Gasteiger partial charge in [-0.05, 0) is 78.2 Å². The molecule has 2 heterocycles. The molecular weight excluding hydrogens is 632 g/mol. The summed E-state index contributed by atoms with van der Waals surface area (Å²) < 4.78 is 16.5. The number of carbonyl (C=O) groups excluding carboxylic acids is 2. The fourth-order valence-corrected chi connectivity index (χ4v) is 5.58. The number of amides is 2. The summed E-state index contributed by atoms with van der Waals surface area (Å²) in [7, 11) is 5.00. The summed E-state index contributed by atoms with van der Waals surface area (Å²) in [4.78, 5) is 45.8. The molecule has 6 aromatic rings. The van der Waals surface area contributed by atoms with Gasteiger partial charge in [-0.2, -0.15) is 0 Å². The highest BCUT2D eigenvalue weighted by Gasteiger charge is 2.21. The Labute approximate surface area is 289 Å². The summed E-state index contributed by atoms with van der Waals surface area (Å²) in [5.74, 6) is -0.781. The number of benzene rings is 4. The number of nitrogens with one attached hydrogen (secondary N) is 2. The molecule has 2 N–H and O–H groups in total. The van der Waals surface area contributed by atoms with Gasteiger partial charge in [0.2, 0.25) is 0 Å². The van der Waals surface area contributed by atoms with E-state index < -0.39 is 11.8 Å². The number of pyridine rings is 1. The van der Waals surface area contributed by atoms with E-state index in [9.17, 15) is 14.4 Å². The lowest BCUT2D eigenvalue weighted by molar-refractivity contribution is 0.0997. The zero-order valence-corrected chi connectivity index (χ0v) is 27.9. The first-order valence-electron chi connectivity index (χ1n) is 16.0. The average Bonchev–Trinajstić information content (AvgIpc) is 3.15. The van der Waals surface area contributed by atoms with E-state index in [1.165, 1.54) is 31.9 Å². The van der Waals surface area contributed by atoms with Gasteiger partial charge in [-0.1, -0.05) is 48.5 Å². The zero-order chi connectivity index (χ0) is 35.0. The molecule has 0 aliphatic heterocycles. The first kappa shape index (κ1) is 33.6. The van der Waals surface area contributed by atoms with Crippen molar-refractivity contribution in [3.63, 3.8) is 0 Å². The number of nitrogens with zero attached hydrogens (tertiary/aromatic N) is 2. The quantitative estimate of drug-likeness (QED) is 0.142. The van der Waals surface area contributed by atoms with Gasteiger partial charge in [-0.25, -0.2) is 0 Å². The minimum atomic E-state index is -0.703. The normalized spacial score (nSPS) is 11.0. The average molecular weight is 669 g/mol. The van der Waals surface area contributed by atoms with Crippen molar-refractivity contribution in [2.24, 2.45) is 0 Å². The van der Waals surface area contributed by atoms with Crippen LogP contribution in [-0.2, 0) is 13.0 Å². The Bertz CT molecular complexity index is 2180. The van der Waals surface area contributed by atoms with Gasteiger partial charge < -0.3 is 29.4 Å². The summed E-state index contributed by atoms with van der Waals surface area (Å²) in [6.07, 6.45) is 4.42. The van der Waals surface area contributed by atoms with Crippen LogP contribution in [0.25, 0.3) is 22.1 Å². The summed E-state index contributed by atoms with van der Waals surface area (Å²) >= 11 is 0. The molecule has 0 saturated carbocycles. The van der Waals surface area contributed by atoms with Gasteiger partial charge in [0.15, 0.2) is 22.7 Å². The maximum Gasteiger partial charge on any atom is 0.291 e.